The highest BCUT2D eigenvalue weighted by atomic mass is 79.9. The van der Waals surface area contributed by atoms with Gasteiger partial charge in [-0.15, -0.1) is 0 Å². The Balaban J connectivity index is 2.13. The van der Waals surface area contributed by atoms with Gasteiger partial charge >= 0.3 is 0 Å². The molecule has 0 fully saturated rings. The van der Waals surface area contributed by atoms with Crippen LogP contribution in [0.4, 0.5) is 5.69 Å². The maximum absolute atomic E-state index is 9.67. The van der Waals surface area contributed by atoms with Crippen molar-refractivity contribution in [3.05, 3.63) is 69.2 Å². The maximum atomic E-state index is 9.67. The molecule has 3 heteroatoms. The Morgan fingerprint density at radius 2 is 1.92 bits per heavy atom. The van der Waals surface area contributed by atoms with Gasteiger partial charge in [0.25, 0.3) is 0 Å². The number of allylic oxidation sites excluding steroid dienone is 2. The lowest BCUT2D eigenvalue weighted by molar-refractivity contribution is 0.597. The summed E-state index contributed by atoms with van der Waals surface area (Å²) in [5, 5.41) is 9.67. The maximum Gasteiger partial charge on any atom is 0.0998 e. The lowest BCUT2D eigenvalue weighted by atomic mass is 9.87. The third kappa shape index (κ3) is 3.34. The normalized spacial score (nSPS) is 16.0. The van der Waals surface area contributed by atoms with Crippen LogP contribution in [-0.2, 0) is 0 Å². The fourth-order valence-corrected chi connectivity index (χ4v) is 3.86. The number of hydrogen-bond acceptors (Lipinski definition) is 2. The summed E-state index contributed by atoms with van der Waals surface area (Å²) in [6.45, 7) is 8.72. The van der Waals surface area contributed by atoms with E-state index in [2.05, 4.69) is 79.9 Å². The topological polar surface area (TPSA) is 27.0 Å². The van der Waals surface area contributed by atoms with E-state index < -0.39 is 0 Å². The number of fused-ring (bicyclic) bond motifs is 1. The fourth-order valence-electron chi connectivity index (χ4n) is 3.46. The van der Waals surface area contributed by atoms with Gasteiger partial charge in [-0.2, -0.15) is 5.26 Å². The standard InChI is InChI=1S/C23H23BrN2/c1-15-9-22-21(16(2)13-23(3,4)26(22)5)12-18(15)10-19(14-25)17-7-6-8-20(24)11-17/h6-13H,1-5H3/b19-10-. The van der Waals surface area contributed by atoms with Gasteiger partial charge in [0.2, 0.25) is 0 Å². The molecule has 0 aliphatic carbocycles. The number of anilines is 1. The molecule has 0 atom stereocenters. The minimum atomic E-state index is -0.00495. The summed E-state index contributed by atoms with van der Waals surface area (Å²) >= 11 is 3.48. The summed E-state index contributed by atoms with van der Waals surface area (Å²) in [5.41, 5.74) is 7.59. The minimum absolute atomic E-state index is 0.00495. The molecule has 132 valence electrons. The summed E-state index contributed by atoms with van der Waals surface area (Å²) in [6.07, 6.45) is 4.29. The van der Waals surface area contributed by atoms with E-state index in [1.807, 2.05) is 30.3 Å². The molecule has 0 saturated carbocycles. The Morgan fingerprint density at radius 3 is 2.58 bits per heavy atom. The van der Waals surface area contributed by atoms with Crippen molar-refractivity contribution in [1.82, 2.24) is 0 Å². The average Bonchev–Trinajstić information content (AvgIpc) is 2.58. The highest BCUT2D eigenvalue weighted by Gasteiger charge is 2.28. The quantitative estimate of drug-likeness (QED) is 0.422. The van der Waals surface area contributed by atoms with Gasteiger partial charge in [-0.05, 0) is 80.3 Å². The second kappa shape index (κ2) is 6.78. The molecule has 2 nitrogen and oxygen atoms in total. The van der Waals surface area contributed by atoms with Crippen LogP contribution < -0.4 is 4.90 Å². The largest absolute Gasteiger partial charge is 0.365 e. The molecular weight excluding hydrogens is 384 g/mol. The second-order valence-corrected chi connectivity index (χ2v) is 8.36. The summed E-state index contributed by atoms with van der Waals surface area (Å²) in [5.74, 6) is 0. The van der Waals surface area contributed by atoms with Crippen LogP contribution in [0.25, 0.3) is 17.2 Å². The molecule has 2 aromatic rings. The fraction of sp³-hybridized carbons (Fsp3) is 0.261. The number of rotatable bonds is 2. The van der Waals surface area contributed by atoms with E-state index in [0.29, 0.717) is 5.57 Å². The Morgan fingerprint density at radius 1 is 1.19 bits per heavy atom. The molecule has 26 heavy (non-hydrogen) atoms. The van der Waals surface area contributed by atoms with Crippen LogP contribution >= 0.6 is 15.9 Å². The van der Waals surface area contributed by atoms with Crippen molar-refractivity contribution < 1.29 is 0 Å². The summed E-state index contributed by atoms with van der Waals surface area (Å²) < 4.78 is 0.973. The number of nitrogens with zero attached hydrogens (tertiary/aromatic N) is 2. The highest BCUT2D eigenvalue weighted by molar-refractivity contribution is 9.10. The van der Waals surface area contributed by atoms with Crippen LogP contribution in [0.5, 0.6) is 0 Å². The van der Waals surface area contributed by atoms with Crippen LogP contribution in [0.1, 0.15) is 43.0 Å². The molecule has 0 N–H and O–H groups in total. The van der Waals surface area contributed by atoms with Gasteiger partial charge < -0.3 is 4.90 Å². The van der Waals surface area contributed by atoms with Crippen molar-refractivity contribution in [1.29, 1.82) is 5.26 Å². The van der Waals surface area contributed by atoms with Gasteiger partial charge in [0.1, 0.15) is 0 Å². The molecule has 0 bridgehead atoms. The van der Waals surface area contributed by atoms with Crippen molar-refractivity contribution >= 4 is 38.8 Å². The molecule has 0 unspecified atom stereocenters. The Kier molecular flexibility index (Phi) is 4.82. The molecule has 1 heterocycles. The van der Waals surface area contributed by atoms with E-state index in [1.165, 1.54) is 22.4 Å². The molecule has 1 aliphatic heterocycles. The Bertz CT molecular complexity index is 974. The average molecular weight is 407 g/mol. The molecule has 2 aromatic carbocycles. The van der Waals surface area contributed by atoms with E-state index in [9.17, 15) is 5.26 Å². The smallest absolute Gasteiger partial charge is 0.0998 e. The first-order chi connectivity index (χ1) is 12.2. The third-order valence-electron chi connectivity index (χ3n) is 5.16. The third-order valence-corrected chi connectivity index (χ3v) is 5.65. The van der Waals surface area contributed by atoms with E-state index >= 15 is 0 Å². The zero-order chi connectivity index (χ0) is 19.1. The first-order valence-electron chi connectivity index (χ1n) is 8.69. The predicted molar refractivity (Wildman–Crippen MR) is 115 cm³/mol. The zero-order valence-electron chi connectivity index (χ0n) is 15.9. The zero-order valence-corrected chi connectivity index (χ0v) is 17.5. The van der Waals surface area contributed by atoms with Crippen molar-refractivity contribution in [2.45, 2.75) is 33.2 Å². The molecule has 0 radical (unpaired) electrons. The monoisotopic (exact) mass is 406 g/mol. The first kappa shape index (κ1) is 18.5. The van der Waals surface area contributed by atoms with Crippen molar-refractivity contribution in [2.75, 3.05) is 11.9 Å². The van der Waals surface area contributed by atoms with Gasteiger partial charge in [0, 0.05) is 22.8 Å². The van der Waals surface area contributed by atoms with Gasteiger partial charge in [-0.3, -0.25) is 0 Å². The summed E-state index contributed by atoms with van der Waals surface area (Å²) in [4.78, 5) is 2.31. The summed E-state index contributed by atoms with van der Waals surface area (Å²) in [7, 11) is 2.14. The van der Waals surface area contributed by atoms with E-state index in [4.69, 9.17) is 0 Å². The van der Waals surface area contributed by atoms with Gasteiger partial charge in [0.05, 0.1) is 17.2 Å². The van der Waals surface area contributed by atoms with Crippen molar-refractivity contribution in [2.24, 2.45) is 0 Å². The van der Waals surface area contributed by atoms with Gasteiger partial charge in [-0.1, -0.05) is 34.1 Å². The van der Waals surface area contributed by atoms with E-state index in [-0.39, 0.29) is 5.54 Å². The van der Waals surface area contributed by atoms with Crippen LogP contribution in [0.15, 0.2) is 46.9 Å². The molecule has 0 amide bonds. The molecule has 1 aliphatic rings. The lowest BCUT2D eigenvalue weighted by Gasteiger charge is -2.41. The van der Waals surface area contributed by atoms with Gasteiger partial charge in [0.15, 0.2) is 0 Å². The summed E-state index contributed by atoms with van der Waals surface area (Å²) in [6, 6.07) is 14.7. The van der Waals surface area contributed by atoms with Crippen LogP contribution in [0.3, 0.4) is 0 Å². The van der Waals surface area contributed by atoms with Crippen LogP contribution in [-0.4, -0.2) is 12.6 Å². The molecule has 0 aromatic heterocycles. The number of aryl methyl sites for hydroxylation is 1. The second-order valence-electron chi connectivity index (χ2n) is 7.45. The number of hydrogen-bond donors (Lipinski definition) is 0. The minimum Gasteiger partial charge on any atom is -0.365 e. The predicted octanol–water partition coefficient (Wildman–Crippen LogP) is 6.45. The van der Waals surface area contributed by atoms with E-state index in [0.717, 1.165) is 15.6 Å². The Labute approximate surface area is 164 Å². The number of nitriles is 1. The van der Waals surface area contributed by atoms with Crippen molar-refractivity contribution in [3.8, 4) is 6.07 Å². The molecular formula is C23H23BrN2. The van der Waals surface area contributed by atoms with Crippen LogP contribution in [0, 0.1) is 18.3 Å². The van der Waals surface area contributed by atoms with Crippen molar-refractivity contribution in [3.63, 3.8) is 0 Å². The number of likely N-dealkylation sites (N-methyl/N-ethyl adjacent to an activating group) is 1. The highest BCUT2D eigenvalue weighted by Crippen LogP contribution is 2.39. The van der Waals surface area contributed by atoms with Gasteiger partial charge in [-0.25, -0.2) is 0 Å². The molecule has 0 saturated heterocycles. The molecule has 3 rings (SSSR count). The SMILES string of the molecule is CC1=CC(C)(C)N(C)c2cc(C)c(/C=C(/C#N)c3cccc(Br)c3)cc21. The first-order valence-corrected chi connectivity index (χ1v) is 9.48. The molecule has 0 spiro atoms. The lowest BCUT2D eigenvalue weighted by Crippen LogP contribution is -2.42. The Hall–Kier alpha value is -2.31. The van der Waals surface area contributed by atoms with E-state index in [1.54, 1.807) is 0 Å². The number of benzene rings is 2. The number of halogens is 1. The van der Waals surface area contributed by atoms with Crippen LogP contribution in [0.2, 0.25) is 0 Å².